The molecule has 0 aliphatic carbocycles. The Hall–Kier alpha value is -3.35. The number of likely N-dealkylation sites (tertiary alicyclic amines) is 1. The van der Waals surface area contributed by atoms with Gasteiger partial charge in [0.2, 0.25) is 0 Å². The van der Waals surface area contributed by atoms with E-state index in [9.17, 15) is 9.59 Å². The number of amides is 1. The summed E-state index contributed by atoms with van der Waals surface area (Å²) in [6.07, 6.45) is 7.09. The van der Waals surface area contributed by atoms with Crippen molar-refractivity contribution in [3.05, 3.63) is 71.3 Å². The molecule has 3 heterocycles. The Labute approximate surface area is 188 Å². The number of nitrogens with zero attached hydrogens (tertiary/aromatic N) is 4. The van der Waals surface area contributed by atoms with Gasteiger partial charge in [-0.1, -0.05) is 18.2 Å². The van der Waals surface area contributed by atoms with E-state index in [4.69, 9.17) is 4.74 Å². The van der Waals surface area contributed by atoms with Crippen LogP contribution in [0.4, 0.5) is 0 Å². The fraction of sp³-hybridized carbons (Fsp3) is 0.400. The third-order valence-corrected chi connectivity index (χ3v) is 6.31. The van der Waals surface area contributed by atoms with Gasteiger partial charge in [0.05, 0.1) is 24.2 Å². The molecule has 3 aromatic rings. The van der Waals surface area contributed by atoms with Crippen LogP contribution < -0.4 is 0 Å². The molecule has 0 bridgehead atoms. The summed E-state index contributed by atoms with van der Waals surface area (Å²) in [7, 11) is 1.88. The van der Waals surface area contributed by atoms with Crippen molar-refractivity contribution in [1.29, 1.82) is 0 Å². The first-order valence-electron chi connectivity index (χ1n) is 11.2. The maximum absolute atomic E-state index is 13.0. The topological polar surface area (TPSA) is 69.4 Å². The zero-order valence-electron chi connectivity index (χ0n) is 19.0. The highest BCUT2D eigenvalue weighted by Crippen LogP contribution is 2.23. The minimum Gasteiger partial charge on any atom is -0.462 e. The van der Waals surface area contributed by atoms with Gasteiger partial charge in [-0.15, -0.1) is 0 Å². The summed E-state index contributed by atoms with van der Waals surface area (Å²) in [5.41, 5.74) is 3.93. The minimum atomic E-state index is -0.376. The zero-order chi connectivity index (χ0) is 22.7. The smallest absolute Gasteiger partial charge is 0.341 e. The van der Waals surface area contributed by atoms with Crippen molar-refractivity contribution in [3.63, 3.8) is 0 Å². The average Bonchev–Trinajstić information content (AvgIpc) is 3.39. The number of hydrogen-bond donors (Lipinski definition) is 0. The molecule has 0 radical (unpaired) electrons. The SMILES string of the molecule is Cc1ccccc1-n1ncc(C(=O)OCCC2CCCCN2C(=O)c2cccn2C)c1C. The van der Waals surface area contributed by atoms with E-state index >= 15 is 0 Å². The number of hydrogen-bond acceptors (Lipinski definition) is 4. The van der Waals surface area contributed by atoms with Crippen LogP contribution in [0.25, 0.3) is 5.69 Å². The first kappa shape index (κ1) is 21.9. The molecule has 1 saturated heterocycles. The Kier molecular flexibility index (Phi) is 6.44. The number of aromatic nitrogens is 3. The summed E-state index contributed by atoms with van der Waals surface area (Å²) in [6.45, 7) is 4.90. The molecule has 168 valence electrons. The molecule has 1 aliphatic heterocycles. The van der Waals surface area contributed by atoms with Crippen molar-refractivity contribution in [2.24, 2.45) is 7.05 Å². The Balaban J connectivity index is 1.39. The van der Waals surface area contributed by atoms with Gasteiger partial charge in [0.25, 0.3) is 5.91 Å². The summed E-state index contributed by atoms with van der Waals surface area (Å²) in [5.74, 6) is -0.331. The number of carbonyl (C=O) groups excluding carboxylic acids is 2. The van der Waals surface area contributed by atoms with Gasteiger partial charge in [0, 0.05) is 32.3 Å². The maximum atomic E-state index is 13.0. The molecule has 0 saturated carbocycles. The van der Waals surface area contributed by atoms with Crippen LogP contribution >= 0.6 is 0 Å². The standard InChI is InChI=1S/C25H30N4O3/c1-18-9-4-5-11-22(18)29-19(2)21(17-26-29)25(31)32-16-13-20-10-6-7-15-28(20)24(30)23-12-8-14-27(23)3/h4-5,8-9,11-12,14,17,20H,6-7,10,13,15-16H2,1-3H3. The fourth-order valence-electron chi connectivity index (χ4n) is 4.42. The fourth-order valence-corrected chi connectivity index (χ4v) is 4.42. The molecule has 1 aromatic carbocycles. The highest BCUT2D eigenvalue weighted by atomic mass is 16.5. The van der Waals surface area contributed by atoms with E-state index in [1.165, 1.54) is 0 Å². The van der Waals surface area contributed by atoms with Gasteiger partial charge < -0.3 is 14.2 Å². The van der Waals surface area contributed by atoms with Crippen molar-refractivity contribution in [2.45, 2.75) is 45.6 Å². The summed E-state index contributed by atoms with van der Waals surface area (Å²) in [5, 5.41) is 4.40. The van der Waals surface area contributed by atoms with Crippen LogP contribution in [0.1, 0.15) is 57.8 Å². The van der Waals surface area contributed by atoms with Crippen LogP contribution in [0.3, 0.4) is 0 Å². The number of rotatable bonds is 6. The number of benzene rings is 1. The van der Waals surface area contributed by atoms with Crippen LogP contribution in [0, 0.1) is 13.8 Å². The van der Waals surface area contributed by atoms with Gasteiger partial charge in [-0.3, -0.25) is 4.79 Å². The van der Waals surface area contributed by atoms with Crippen molar-refractivity contribution in [3.8, 4) is 5.69 Å². The Morgan fingerprint density at radius 3 is 2.69 bits per heavy atom. The lowest BCUT2D eigenvalue weighted by Gasteiger charge is -2.35. The number of para-hydroxylation sites is 1. The van der Waals surface area contributed by atoms with Crippen LogP contribution in [0.2, 0.25) is 0 Å². The lowest BCUT2D eigenvalue weighted by molar-refractivity contribution is 0.0405. The summed E-state index contributed by atoms with van der Waals surface area (Å²) in [4.78, 5) is 27.7. The van der Waals surface area contributed by atoms with Crippen LogP contribution in [0.15, 0.2) is 48.8 Å². The Morgan fingerprint density at radius 2 is 1.94 bits per heavy atom. The van der Waals surface area contributed by atoms with E-state index in [2.05, 4.69) is 5.10 Å². The molecular weight excluding hydrogens is 404 g/mol. The van der Waals surface area contributed by atoms with Gasteiger partial charge in [-0.05, 0) is 56.9 Å². The van der Waals surface area contributed by atoms with Crippen molar-refractivity contribution >= 4 is 11.9 Å². The molecular formula is C25H30N4O3. The predicted molar refractivity (Wildman–Crippen MR) is 122 cm³/mol. The van der Waals surface area contributed by atoms with Crippen molar-refractivity contribution in [1.82, 2.24) is 19.2 Å². The second-order valence-corrected chi connectivity index (χ2v) is 8.42. The van der Waals surface area contributed by atoms with Crippen molar-refractivity contribution < 1.29 is 14.3 Å². The minimum absolute atomic E-state index is 0.0453. The lowest BCUT2D eigenvalue weighted by Crippen LogP contribution is -2.44. The first-order valence-corrected chi connectivity index (χ1v) is 11.2. The monoisotopic (exact) mass is 434 g/mol. The van der Waals surface area contributed by atoms with E-state index < -0.39 is 0 Å². The number of carbonyl (C=O) groups is 2. The third kappa shape index (κ3) is 4.33. The predicted octanol–water partition coefficient (Wildman–Crippen LogP) is 4.07. The van der Waals surface area contributed by atoms with E-state index in [-0.39, 0.29) is 24.5 Å². The van der Waals surface area contributed by atoms with Crippen LogP contribution in [-0.4, -0.2) is 50.3 Å². The van der Waals surface area contributed by atoms with E-state index in [1.807, 2.05) is 73.0 Å². The van der Waals surface area contributed by atoms with E-state index in [0.717, 1.165) is 42.8 Å². The molecule has 7 heteroatoms. The molecule has 2 aromatic heterocycles. The third-order valence-electron chi connectivity index (χ3n) is 6.31. The van der Waals surface area contributed by atoms with Crippen molar-refractivity contribution in [2.75, 3.05) is 13.2 Å². The zero-order valence-corrected chi connectivity index (χ0v) is 19.0. The molecule has 7 nitrogen and oxygen atoms in total. The molecule has 32 heavy (non-hydrogen) atoms. The number of esters is 1. The lowest BCUT2D eigenvalue weighted by atomic mass is 9.99. The first-order chi connectivity index (χ1) is 15.5. The highest BCUT2D eigenvalue weighted by molar-refractivity contribution is 5.93. The normalized spacial score (nSPS) is 16.2. The molecule has 1 amide bonds. The van der Waals surface area contributed by atoms with E-state index in [1.54, 1.807) is 10.9 Å². The van der Waals surface area contributed by atoms with Gasteiger partial charge in [0.15, 0.2) is 0 Å². The van der Waals surface area contributed by atoms with Crippen LogP contribution in [0.5, 0.6) is 0 Å². The Bertz CT molecular complexity index is 1110. The molecule has 0 spiro atoms. The van der Waals surface area contributed by atoms with Gasteiger partial charge in [-0.2, -0.15) is 5.10 Å². The maximum Gasteiger partial charge on any atom is 0.341 e. The molecule has 1 unspecified atom stereocenters. The largest absolute Gasteiger partial charge is 0.462 e. The summed E-state index contributed by atoms with van der Waals surface area (Å²) in [6, 6.07) is 11.7. The van der Waals surface area contributed by atoms with Gasteiger partial charge in [-0.25, -0.2) is 9.48 Å². The van der Waals surface area contributed by atoms with Gasteiger partial charge >= 0.3 is 5.97 Å². The molecule has 1 aliphatic rings. The Morgan fingerprint density at radius 1 is 1.12 bits per heavy atom. The summed E-state index contributed by atoms with van der Waals surface area (Å²) >= 11 is 0. The molecule has 1 fully saturated rings. The second kappa shape index (κ2) is 9.42. The van der Waals surface area contributed by atoms with E-state index in [0.29, 0.717) is 17.7 Å². The molecule has 0 N–H and O–H groups in total. The molecule has 1 atom stereocenters. The molecule has 4 rings (SSSR count). The number of ether oxygens (including phenoxy) is 1. The van der Waals surface area contributed by atoms with Gasteiger partial charge in [0.1, 0.15) is 11.3 Å². The van der Waals surface area contributed by atoms with Crippen LogP contribution in [-0.2, 0) is 11.8 Å². The number of piperidine rings is 1. The highest BCUT2D eigenvalue weighted by Gasteiger charge is 2.29. The average molecular weight is 435 g/mol. The summed E-state index contributed by atoms with van der Waals surface area (Å²) < 4.78 is 9.22. The second-order valence-electron chi connectivity index (χ2n) is 8.42. The number of aryl methyl sites for hydroxylation is 2. The quantitative estimate of drug-likeness (QED) is 0.549.